The second kappa shape index (κ2) is 6.99. The molecule has 0 bridgehead atoms. The number of rotatable bonds is 4. The highest BCUT2D eigenvalue weighted by Gasteiger charge is 2.16. The molecule has 3 aromatic rings. The number of amides is 1. The van der Waals surface area contributed by atoms with Crippen molar-refractivity contribution in [3.63, 3.8) is 0 Å². The summed E-state index contributed by atoms with van der Waals surface area (Å²) in [5, 5.41) is 3.61. The molecule has 1 radical (unpaired) electrons. The van der Waals surface area contributed by atoms with Crippen molar-refractivity contribution >= 4 is 50.7 Å². The van der Waals surface area contributed by atoms with Crippen molar-refractivity contribution in [2.75, 3.05) is 4.90 Å². The number of hydrogen-bond donors (Lipinski definition) is 0. The Bertz CT molecular complexity index is 854. The zero-order chi connectivity index (χ0) is 16.2. The number of anilines is 1. The predicted molar refractivity (Wildman–Crippen MR) is 99.8 cm³/mol. The SMILES string of the molecule is [CH2]CC(=O)N(/C=C/c1ccccc1)c1csc2ccc(Cl)cc12. The van der Waals surface area contributed by atoms with Crippen LogP contribution in [-0.4, -0.2) is 5.91 Å². The molecule has 0 saturated carbocycles. The number of halogens is 1. The van der Waals surface area contributed by atoms with Gasteiger partial charge in [-0.3, -0.25) is 9.69 Å². The maximum atomic E-state index is 12.3. The lowest BCUT2D eigenvalue weighted by atomic mass is 10.2. The Morgan fingerprint density at radius 2 is 2.00 bits per heavy atom. The molecule has 1 amide bonds. The lowest BCUT2D eigenvalue weighted by molar-refractivity contribution is -0.117. The Labute approximate surface area is 144 Å². The Hall–Kier alpha value is -2.10. The third-order valence-electron chi connectivity index (χ3n) is 3.47. The van der Waals surface area contributed by atoms with E-state index in [-0.39, 0.29) is 12.3 Å². The van der Waals surface area contributed by atoms with Gasteiger partial charge in [0.05, 0.1) is 5.69 Å². The molecule has 23 heavy (non-hydrogen) atoms. The van der Waals surface area contributed by atoms with Crippen LogP contribution in [0.1, 0.15) is 12.0 Å². The van der Waals surface area contributed by atoms with E-state index in [4.69, 9.17) is 11.6 Å². The van der Waals surface area contributed by atoms with Crippen LogP contribution in [0.3, 0.4) is 0 Å². The van der Waals surface area contributed by atoms with Crippen molar-refractivity contribution < 1.29 is 4.79 Å². The number of thiophene rings is 1. The van der Waals surface area contributed by atoms with Gasteiger partial charge in [0.1, 0.15) is 0 Å². The summed E-state index contributed by atoms with van der Waals surface area (Å²) in [4.78, 5) is 14.0. The number of carbonyl (C=O) groups is 1. The lowest BCUT2D eigenvalue weighted by Crippen LogP contribution is -2.23. The van der Waals surface area contributed by atoms with Gasteiger partial charge in [-0.2, -0.15) is 0 Å². The third-order valence-corrected chi connectivity index (χ3v) is 4.66. The van der Waals surface area contributed by atoms with Gasteiger partial charge in [0, 0.05) is 33.1 Å². The molecule has 0 aliphatic heterocycles. The summed E-state index contributed by atoms with van der Waals surface area (Å²) < 4.78 is 1.10. The van der Waals surface area contributed by atoms with E-state index in [1.807, 2.05) is 60.0 Å². The minimum Gasteiger partial charge on any atom is -0.286 e. The molecule has 0 spiro atoms. The van der Waals surface area contributed by atoms with Gasteiger partial charge in [-0.25, -0.2) is 0 Å². The fourth-order valence-electron chi connectivity index (χ4n) is 2.32. The normalized spacial score (nSPS) is 11.2. The molecule has 2 aromatic carbocycles. The minimum atomic E-state index is -0.0585. The van der Waals surface area contributed by atoms with Crippen LogP contribution in [0.4, 0.5) is 5.69 Å². The van der Waals surface area contributed by atoms with E-state index in [1.54, 1.807) is 22.4 Å². The summed E-state index contributed by atoms with van der Waals surface area (Å²) in [5.41, 5.74) is 1.88. The van der Waals surface area contributed by atoms with Gasteiger partial charge in [-0.1, -0.05) is 41.9 Å². The molecule has 4 heteroatoms. The highest BCUT2D eigenvalue weighted by Crippen LogP contribution is 2.35. The monoisotopic (exact) mass is 340 g/mol. The second-order valence-corrected chi connectivity index (χ2v) is 6.35. The number of nitrogens with zero attached hydrogens (tertiary/aromatic N) is 1. The molecular weight excluding hydrogens is 326 g/mol. The maximum absolute atomic E-state index is 12.3. The van der Waals surface area contributed by atoms with Crippen molar-refractivity contribution in [1.82, 2.24) is 0 Å². The van der Waals surface area contributed by atoms with Crippen LogP contribution in [0.25, 0.3) is 16.2 Å². The molecule has 0 fully saturated rings. The van der Waals surface area contributed by atoms with Gasteiger partial charge < -0.3 is 0 Å². The van der Waals surface area contributed by atoms with Gasteiger partial charge >= 0.3 is 0 Å². The van der Waals surface area contributed by atoms with Crippen LogP contribution in [-0.2, 0) is 4.79 Å². The van der Waals surface area contributed by atoms with Crippen molar-refractivity contribution in [3.8, 4) is 0 Å². The van der Waals surface area contributed by atoms with E-state index >= 15 is 0 Å². The van der Waals surface area contributed by atoms with Crippen LogP contribution < -0.4 is 4.90 Å². The largest absolute Gasteiger partial charge is 0.286 e. The van der Waals surface area contributed by atoms with Gasteiger partial charge in [0.15, 0.2) is 0 Å². The van der Waals surface area contributed by atoms with Crippen LogP contribution in [0.5, 0.6) is 0 Å². The standard InChI is InChI=1S/C19H15ClNOS/c1-2-19(22)21(11-10-14-6-4-3-5-7-14)17-13-23-18-9-8-15(20)12-16(17)18/h3-13H,1-2H2/b11-10+. The number of hydrogen-bond acceptors (Lipinski definition) is 2. The first-order valence-corrected chi connectivity index (χ1v) is 8.46. The van der Waals surface area contributed by atoms with Crippen LogP contribution in [0.2, 0.25) is 5.02 Å². The van der Waals surface area contributed by atoms with E-state index in [1.165, 1.54) is 0 Å². The Morgan fingerprint density at radius 1 is 1.22 bits per heavy atom. The minimum absolute atomic E-state index is 0.0585. The summed E-state index contributed by atoms with van der Waals surface area (Å²) in [6.45, 7) is 3.72. The number of fused-ring (bicyclic) bond motifs is 1. The third kappa shape index (κ3) is 3.46. The molecule has 3 rings (SSSR count). The predicted octanol–water partition coefficient (Wildman–Crippen LogP) is 5.78. The second-order valence-electron chi connectivity index (χ2n) is 5.00. The molecule has 0 saturated heterocycles. The van der Waals surface area contributed by atoms with Gasteiger partial charge in [-0.15, -0.1) is 11.3 Å². The Kier molecular flexibility index (Phi) is 4.79. The fraction of sp³-hybridized carbons (Fsp3) is 0.0526. The van der Waals surface area contributed by atoms with Gasteiger partial charge in [0.25, 0.3) is 0 Å². The first-order chi connectivity index (χ1) is 11.2. The topological polar surface area (TPSA) is 20.3 Å². The van der Waals surface area contributed by atoms with E-state index in [0.717, 1.165) is 21.3 Å². The molecule has 1 heterocycles. The van der Waals surface area contributed by atoms with Crippen LogP contribution in [0.15, 0.2) is 60.1 Å². The smallest absolute Gasteiger partial charge is 0.231 e. The molecule has 115 valence electrons. The molecule has 0 unspecified atom stereocenters. The molecule has 1 aromatic heterocycles. The van der Waals surface area contributed by atoms with E-state index in [0.29, 0.717) is 5.02 Å². The van der Waals surface area contributed by atoms with Gasteiger partial charge in [-0.05, 0) is 36.8 Å². The van der Waals surface area contributed by atoms with Gasteiger partial charge in [0.2, 0.25) is 5.91 Å². The van der Waals surface area contributed by atoms with Crippen LogP contribution in [0, 0.1) is 6.92 Å². The zero-order valence-electron chi connectivity index (χ0n) is 12.4. The molecular formula is C19H15ClNOS. The Balaban J connectivity index is 2.03. The number of carbonyl (C=O) groups excluding carboxylic acids is 1. The zero-order valence-corrected chi connectivity index (χ0v) is 14.0. The first-order valence-electron chi connectivity index (χ1n) is 7.20. The molecule has 0 aliphatic carbocycles. The van der Waals surface area contributed by atoms with Crippen molar-refractivity contribution in [2.24, 2.45) is 0 Å². The van der Waals surface area contributed by atoms with Crippen molar-refractivity contribution in [3.05, 3.63) is 77.6 Å². The molecule has 2 nitrogen and oxygen atoms in total. The fourth-order valence-corrected chi connectivity index (χ4v) is 3.41. The maximum Gasteiger partial charge on any atom is 0.231 e. The Morgan fingerprint density at radius 3 is 2.74 bits per heavy atom. The summed E-state index contributed by atoms with van der Waals surface area (Å²) >= 11 is 7.70. The summed E-state index contributed by atoms with van der Waals surface area (Å²) in [6, 6.07) is 15.6. The number of benzene rings is 2. The average molecular weight is 341 g/mol. The molecule has 0 aliphatic rings. The van der Waals surface area contributed by atoms with Crippen molar-refractivity contribution in [1.29, 1.82) is 0 Å². The van der Waals surface area contributed by atoms with E-state index in [9.17, 15) is 4.79 Å². The summed E-state index contributed by atoms with van der Waals surface area (Å²) in [7, 11) is 0. The first kappa shape index (κ1) is 15.8. The van der Waals surface area contributed by atoms with Crippen LogP contribution >= 0.6 is 22.9 Å². The highest BCUT2D eigenvalue weighted by molar-refractivity contribution is 7.17. The molecule has 0 atom stereocenters. The van der Waals surface area contributed by atoms with E-state index < -0.39 is 0 Å². The lowest BCUT2D eigenvalue weighted by Gasteiger charge is -2.17. The average Bonchev–Trinajstić information content (AvgIpc) is 2.98. The van der Waals surface area contributed by atoms with Crippen molar-refractivity contribution in [2.45, 2.75) is 6.42 Å². The van der Waals surface area contributed by atoms with E-state index in [2.05, 4.69) is 6.92 Å². The quantitative estimate of drug-likeness (QED) is 0.589. The highest BCUT2D eigenvalue weighted by atomic mass is 35.5. The molecule has 0 N–H and O–H groups in total. The summed E-state index contributed by atoms with van der Waals surface area (Å²) in [6.07, 6.45) is 3.91. The summed E-state index contributed by atoms with van der Waals surface area (Å²) in [5.74, 6) is -0.0585.